The van der Waals surface area contributed by atoms with Crippen LogP contribution in [0.1, 0.15) is 11.1 Å². The van der Waals surface area contributed by atoms with Gasteiger partial charge in [0.05, 0.1) is 16.6 Å². The molecular weight excluding hydrogens is 290 g/mol. The van der Waals surface area contributed by atoms with Gasteiger partial charge < -0.3 is 18.4 Å². The van der Waals surface area contributed by atoms with Crippen LogP contribution in [0.3, 0.4) is 0 Å². The molecule has 1 heterocycles. The summed E-state index contributed by atoms with van der Waals surface area (Å²) in [5.41, 5.74) is 6.30. The number of nitrogen functional groups attached to an aromatic ring is 1. The van der Waals surface area contributed by atoms with Crippen LogP contribution >= 0.6 is 0 Å². The fourth-order valence-electron chi connectivity index (χ4n) is 1.84. The molecule has 1 aromatic carbocycles. The Labute approximate surface area is 124 Å². The summed E-state index contributed by atoms with van der Waals surface area (Å²) < 4.78 is 0. The van der Waals surface area contributed by atoms with E-state index >= 15 is 0 Å². The Morgan fingerprint density at radius 2 is 1.76 bits per heavy atom. The van der Waals surface area contributed by atoms with Crippen molar-refractivity contribution in [3.63, 3.8) is 0 Å². The number of non-ortho nitro benzene ring substituents is 1. The van der Waals surface area contributed by atoms with E-state index in [1.165, 1.54) is 24.3 Å². The van der Waals surface area contributed by atoms with Crippen LogP contribution in [0.5, 0.6) is 0 Å². The molecule has 0 fully saturated rings. The van der Waals surface area contributed by atoms with Crippen LogP contribution in [0.15, 0.2) is 29.3 Å². The van der Waals surface area contributed by atoms with E-state index in [-0.39, 0.29) is 33.2 Å². The molecule has 0 unspecified atom stereocenters. The highest BCUT2D eigenvalue weighted by molar-refractivity contribution is 7.58. The van der Waals surface area contributed by atoms with E-state index in [1.54, 1.807) is 0 Å². The summed E-state index contributed by atoms with van der Waals surface area (Å²) in [5.74, 6) is -0.0742. The summed E-state index contributed by atoms with van der Waals surface area (Å²) in [6.07, 6.45) is 0. The molecule has 0 amide bonds. The van der Waals surface area contributed by atoms with E-state index < -0.39 is 4.92 Å². The largest absolute Gasteiger partial charge is 0.759 e. The number of hydrogen-bond donors (Lipinski definition) is 1. The molecule has 8 heteroatoms. The third-order valence-corrected chi connectivity index (χ3v) is 3.08. The van der Waals surface area contributed by atoms with Crippen LogP contribution < -0.4 is 5.73 Å². The summed E-state index contributed by atoms with van der Waals surface area (Å²) >= 11 is 4.97. The molecule has 0 aliphatic rings. The van der Waals surface area contributed by atoms with Crippen molar-refractivity contribution < 1.29 is 4.92 Å². The minimum Gasteiger partial charge on any atom is -0.759 e. The van der Waals surface area contributed by atoms with E-state index in [0.717, 1.165) is 0 Å². The van der Waals surface area contributed by atoms with Crippen molar-refractivity contribution in [2.75, 3.05) is 5.73 Å². The average Bonchev–Trinajstić information content (AvgIpc) is 2.46. The van der Waals surface area contributed by atoms with E-state index in [9.17, 15) is 20.6 Å². The van der Waals surface area contributed by atoms with Gasteiger partial charge in [-0.25, -0.2) is 0 Å². The molecule has 7 nitrogen and oxygen atoms in total. The second kappa shape index (κ2) is 5.41. The van der Waals surface area contributed by atoms with Crippen LogP contribution in [-0.2, 0) is 12.6 Å². The fraction of sp³-hybridized carbons (Fsp3) is 0. The van der Waals surface area contributed by atoms with Gasteiger partial charge in [0.1, 0.15) is 17.5 Å². The van der Waals surface area contributed by atoms with Gasteiger partial charge >= 0.3 is 0 Å². The van der Waals surface area contributed by atoms with Gasteiger partial charge in [-0.15, -0.1) is 0 Å². The zero-order valence-electron chi connectivity index (χ0n) is 10.4. The standard InChI is InChI=1S/C13H7N5O2S/c14-5-9-11(10(6-15)13(21)17-12(9)16)7-1-3-8(4-2-7)18(19)20/h1-4H,(H3,16,17,21)/p-1. The topological polar surface area (TPSA) is 130 Å². The first kappa shape index (κ1) is 14.2. The van der Waals surface area contributed by atoms with Gasteiger partial charge in [0.25, 0.3) is 5.69 Å². The number of pyridine rings is 1. The highest BCUT2D eigenvalue weighted by Crippen LogP contribution is 2.32. The zero-order chi connectivity index (χ0) is 15.6. The molecule has 2 N–H and O–H groups in total. The number of nitriles is 2. The maximum absolute atomic E-state index is 10.7. The summed E-state index contributed by atoms with van der Waals surface area (Å²) in [7, 11) is 0. The van der Waals surface area contributed by atoms with Gasteiger partial charge in [0, 0.05) is 17.7 Å². The Balaban J connectivity index is 2.76. The first-order valence-electron chi connectivity index (χ1n) is 5.55. The highest BCUT2D eigenvalue weighted by atomic mass is 32.1. The predicted molar refractivity (Wildman–Crippen MR) is 75.8 cm³/mol. The molecule has 0 aliphatic carbocycles. The minimum absolute atomic E-state index is 0.0117. The first-order valence-corrected chi connectivity index (χ1v) is 5.96. The van der Waals surface area contributed by atoms with Crippen molar-refractivity contribution in [3.8, 4) is 23.3 Å². The van der Waals surface area contributed by atoms with Crippen molar-refractivity contribution in [1.82, 2.24) is 4.98 Å². The molecule has 1 aromatic heterocycles. The molecule has 0 spiro atoms. The van der Waals surface area contributed by atoms with Gasteiger partial charge in [-0.2, -0.15) is 10.5 Å². The van der Waals surface area contributed by atoms with Gasteiger partial charge in [0.15, 0.2) is 0 Å². The lowest BCUT2D eigenvalue weighted by Crippen LogP contribution is -2.03. The summed E-state index contributed by atoms with van der Waals surface area (Å²) in [6.45, 7) is 0. The van der Waals surface area contributed by atoms with Gasteiger partial charge in [-0.05, 0) is 17.7 Å². The minimum atomic E-state index is -0.542. The SMILES string of the molecule is N#Cc1c(N)nc([S-])c(C#N)c1-c1ccc([N+](=O)[O-])cc1. The molecular formula is C13H6N5O2S-. The monoisotopic (exact) mass is 296 g/mol. The van der Waals surface area contributed by atoms with E-state index in [2.05, 4.69) is 4.98 Å². The lowest BCUT2D eigenvalue weighted by Gasteiger charge is -2.15. The van der Waals surface area contributed by atoms with Crippen LogP contribution in [0.25, 0.3) is 11.1 Å². The summed E-state index contributed by atoms with van der Waals surface area (Å²) in [4.78, 5) is 13.9. The van der Waals surface area contributed by atoms with Crippen LogP contribution in [0.2, 0.25) is 0 Å². The number of rotatable bonds is 2. The van der Waals surface area contributed by atoms with Crippen molar-refractivity contribution in [1.29, 1.82) is 10.5 Å². The van der Waals surface area contributed by atoms with Crippen LogP contribution in [0, 0.1) is 32.8 Å². The molecule has 2 rings (SSSR count). The molecule has 0 saturated heterocycles. The Morgan fingerprint density at radius 1 is 1.19 bits per heavy atom. The fourth-order valence-corrected chi connectivity index (χ4v) is 2.08. The molecule has 0 aliphatic heterocycles. The number of hydrogen-bond acceptors (Lipinski definition) is 7. The molecule has 102 valence electrons. The van der Waals surface area contributed by atoms with Gasteiger partial charge in [-0.1, -0.05) is 5.03 Å². The number of nitro groups is 1. The van der Waals surface area contributed by atoms with E-state index in [0.29, 0.717) is 5.56 Å². The quantitative estimate of drug-likeness (QED) is 0.508. The predicted octanol–water partition coefficient (Wildman–Crippen LogP) is 1.89. The molecule has 21 heavy (non-hydrogen) atoms. The first-order chi connectivity index (χ1) is 9.99. The Kier molecular flexibility index (Phi) is 3.65. The highest BCUT2D eigenvalue weighted by Gasteiger charge is 2.16. The number of anilines is 1. The van der Waals surface area contributed by atoms with E-state index in [1.807, 2.05) is 12.1 Å². The van der Waals surface area contributed by atoms with Gasteiger partial charge in [0.2, 0.25) is 0 Å². The third-order valence-electron chi connectivity index (χ3n) is 2.78. The second-order valence-electron chi connectivity index (χ2n) is 3.95. The summed E-state index contributed by atoms with van der Waals surface area (Å²) in [6, 6.07) is 9.20. The third kappa shape index (κ3) is 2.43. The Morgan fingerprint density at radius 3 is 2.24 bits per heavy atom. The lowest BCUT2D eigenvalue weighted by molar-refractivity contribution is -0.384. The van der Waals surface area contributed by atoms with Crippen LogP contribution in [-0.4, -0.2) is 9.91 Å². The molecule has 2 aromatic rings. The Bertz CT molecular complexity index is 780. The number of aromatic nitrogens is 1. The molecule has 0 atom stereocenters. The summed E-state index contributed by atoms with van der Waals surface area (Å²) in [5, 5.41) is 29.0. The maximum atomic E-state index is 10.7. The smallest absolute Gasteiger partial charge is 0.269 e. The second-order valence-corrected chi connectivity index (χ2v) is 4.34. The lowest BCUT2D eigenvalue weighted by atomic mass is 9.97. The average molecular weight is 296 g/mol. The zero-order valence-corrected chi connectivity index (χ0v) is 11.2. The number of benzene rings is 1. The Hall–Kier alpha value is -3.23. The van der Waals surface area contributed by atoms with Crippen molar-refractivity contribution in [2.45, 2.75) is 5.03 Å². The number of nitrogens with two attached hydrogens (primary N) is 1. The number of nitrogens with zero attached hydrogens (tertiary/aromatic N) is 4. The normalized spacial score (nSPS) is 9.62. The van der Waals surface area contributed by atoms with Crippen molar-refractivity contribution in [2.24, 2.45) is 0 Å². The van der Waals surface area contributed by atoms with E-state index in [4.69, 9.17) is 18.4 Å². The van der Waals surface area contributed by atoms with Crippen molar-refractivity contribution in [3.05, 3.63) is 45.5 Å². The van der Waals surface area contributed by atoms with Crippen LogP contribution in [0.4, 0.5) is 11.5 Å². The maximum Gasteiger partial charge on any atom is 0.269 e. The van der Waals surface area contributed by atoms with Gasteiger partial charge in [-0.3, -0.25) is 15.1 Å². The molecule has 0 saturated carbocycles. The number of nitro benzene ring substituents is 1. The molecule has 0 radical (unpaired) electrons. The molecule has 0 bridgehead atoms. The van der Waals surface area contributed by atoms with Crippen molar-refractivity contribution >= 4 is 24.1 Å².